The van der Waals surface area contributed by atoms with E-state index in [4.69, 9.17) is 5.84 Å². The van der Waals surface area contributed by atoms with Crippen LogP contribution in [0, 0.1) is 10.1 Å². The molecule has 0 bridgehead atoms. The lowest BCUT2D eigenvalue weighted by Gasteiger charge is -2.08. The van der Waals surface area contributed by atoms with Gasteiger partial charge in [-0.1, -0.05) is 0 Å². The molecule has 0 unspecified atom stereocenters. The Morgan fingerprint density at radius 3 is 2.76 bits per heavy atom. The maximum absolute atomic E-state index is 12.1. The lowest BCUT2D eigenvalue weighted by atomic mass is 10.3. The van der Waals surface area contributed by atoms with E-state index in [2.05, 4.69) is 20.1 Å². The Bertz CT molecular complexity index is 743. The van der Waals surface area contributed by atoms with Gasteiger partial charge in [0.15, 0.2) is 0 Å². The molecule has 112 valence electrons. The molecule has 11 heteroatoms. The van der Waals surface area contributed by atoms with Crippen molar-refractivity contribution in [3.63, 3.8) is 0 Å². The van der Waals surface area contributed by atoms with Crippen LogP contribution in [0.4, 0.5) is 11.4 Å². The van der Waals surface area contributed by atoms with Gasteiger partial charge in [0.2, 0.25) is 10.0 Å². The monoisotopic (exact) mass is 312 g/mol. The standard InChI is InChI=1S/C10H12N6O4S/c11-15-9-3-8(1-2-10(9)16(17)18)21(19,20)14-5-7-4-12-6-13-7/h1-4,6,14-15H,5,11H2,(H,12,13). The van der Waals surface area contributed by atoms with Crippen LogP contribution in [-0.2, 0) is 16.6 Å². The van der Waals surface area contributed by atoms with Crippen molar-refractivity contribution in [2.75, 3.05) is 5.43 Å². The Balaban J connectivity index is 2.25. The van der Waals surface area contributed by atoms with Crippen molar-refractivity contribution in [2.24, 2.45) is 5.84 Å². The average Bonchev–Trinajstić information content (AvgIpc) is 2.97. The van der Waals surface area contributed by atoms with Crippen LogP contribution < -0.4 is 16.0 Å². The molecular formula is C10H12N6O4S. The van der Waals surface area contributed by atoms with Crippen LogP contribution in [0.3, 0.4) is 0 Å². The molecule has 2 aromatic rings. The van der Waals surface area contributed by atoms with E-state index in [1.807, 2.05) is 0 Å². The number of nitro groups is 1. The number of nitrogens with one attached hydrogen (secondary N) is 3. The van der Waals surface area contributed by atoms with E-state index >= 15 is 0 Å². The lowest BCUT2D eigenvalue weighted by molar-refractivity contribution is -0.384. The second-order valence-electron chi connectivity index (χ2n) is 3.98. The third kappa shape index (κ3) is 3.34. The number of hydrogen-bond acceptors (Lipinski definition) is 7. The maximum Gasteiger partial charge on any atom is 0.293 e. The van der Waals surface area contributed by atoms with Gasteiger partial charge in [0, 0.05) is 18.0 Å². The first-order valence-electron chi connectivity index (χ1n) is 5.66. The van der Waals surface area contributed by atoms with Gasteiger partial charge in [0.25, 0.3) is 5.69 Å². The molecule has 1 aromatic heterocycles. The highest BCUT2D eigenvalue weighted by atomic mass is 32.2. The summed E-state index contributed by atoms with van der Waals surface area (Å²) in [6, 6.07) is 3.29. The molecule has 0 saturated carbocycles. The number of rotatable bonds is 6. The molecular weight excluding hydrogens is 300 g/mol. The zero-order valence-electron chi connectivity index (χ0n) is 10.6. The molecule has 0 aliphatic heterocycles. The van der Waals surface area contributed by atoms with Crippen molar-refractivity contribution in [2.45, 2.75) is 11.4 Å². The predicted octanol–water partition coefficient (Wildman–Crippen LogP) is 0.0820. The largest absolute Gasteiger partial charge is 0.347 e. The van der Waals surface area contributed by atoms with E-state index in [1.165, 1.54) is 12.5 Å². The predicted molar refractivity (Wildman–Crippen MR) is 73.5 cm³/mol. The number of anilines is 1. The SMILES string of the molecule is NNc1cc(S(=O)(=O)NCc2cnc[nH]2)ccc1[N+](=O)[O-]. The van der Waals surface area contributed by atoms with Crippen molar-refractivity contribution >= 4 is 21.4 Å². The lowest BCUT2D eigenvalue weighted by Crippen LogP contribution is -2.23. The van der Waals surface area contributed by atoms with Crippen molar-refractivity contribution in [1.29, 1.82) is 0 Å². The summed E-state index contributed by atoms with van der Waals surface area (Å²) in [5.74, 6) is 5.17. The summed E-state index contributed by atoms with van der Waals surface area (Å²) in [5, 5.41) is 10.8. The van der Waals surface area contributed by atoms with E-state index in [0.717, 1.165) is 18.2 Å². The average molecular weight is 312 g/mol. The number of nitrogen functional groups attached to an aromatic ring is 1. The first-order chi connectivity index (χ1) is 9.94. The van der Waals surface area contributed by atoms with Crippen LogP contribution in [0.2, 0.25) is 0 Å². The number of hydrogen-bond donors (Lipinski definition) is 4. The van der Waals surface area contributed by atoms with E-state index in [0.29, 0.717) is 5.69 Å². The van der Waals surface area contributed by atoms with Crippen molar-refractivity contribution < 1.29 is 13.3 Å². The summed E-state index contributed by atoms with van der Waals surface area (Å²) in [6.45, 7) is 0.0186. The summed E-state index contributed by atoms with van der Waals surface area (Å²) in [5.41, 5.74) is 2.28. The number of H-pyrrole nitrogens is 1. The highest BCUT2D eigenvalue weighted by Crippen LogP contribution is 2.26. The number of nitrogens with two attached hydrogens (primary N) is 1. The molecule has 0 atom stereocenters. The summed E-state index contributed by atoms with van der Waals surface area (Å²) in [6.07, 6.45) is 2.90. The van der Waals surface area contributed by atoms with Crippen LogP contribution in [0.5, 0.6) is 0 Å². The second kappa shape index (κ2) is 5.87. The number of nitro benzene ring substituents is 1. The Kier molecular flexibility index (Phi) is 4.16. The van der Waals surface area contributed by atoms with Crippen LogP contribution in [0.25, 0.3) is 0 Å². The van der Waals surface area contributed by atoms with E-state index in [1.54, 1.807) is 0 Å². The first-order valence-corrected chi connectivity index (χ1v) is 7.14. The summed E-state index contributed by atoms with van der Waals surface area (Å²) in [7, 11) is -3.83. The van der Waals surface area contributed by atoms with Crippen molar-refractivity contribution in [3.8, 4) is 0 Å². The molecule has 0 fully saturated rings. The number of aromatic nitrogens is 2. The van der Waals surface area contributed by atoms with Crippen molar-refractivity contribution in [3.05, 3.63) is 46.5 Å². The highest BCUT2D eigenvalue weighted by molar-refractivity contribution is 7.89. The summed E-state index contributed by atoms with van der Waals surface area (Å²) in [4.78, 5) is 16.5. The molecule has 0 amide bonds. The van der Waals surface area contributed by atoms with Gasteiger partial charge in [0.05, 0.1) is 22.7 Å². The van der Waals surface area contributed by atoms with E-state index in [9.17, 15) is 18.5 Å². The molecule has 5 N–H and O–H groups in total. The van der Waals surface area contributed by atoms with Gasteiger partial charge in [-0.2, -0.15) is 0 Å². The number of imidazole rings is 1. The van der Waals surface area contributed by atoms with Gasteiger partial charge in [-0.05, 0) is 12.1 Å². The number of aromatic amines is 1. The molecule has 21 heavy (non-hydrogen) atoms. The van der Waals surface area contributed by atoms with Gasteiger partial charge in [-0.25, -0.2) is 18.1 Å². The zero-order chi connectivity index (χ0) is 15.5. The van der Waals surface area contributed by atoms with Gasteiger partial charge >= 0.3 is 0 Å². The number of sulfonamides is 1. The topological polar surface area (TPSA) is 156 Å². The highest BCUT2D eigenvalue weighted by Gasteiger charge is 2.20. The fourth-order valence-corrected chi connectivity index (χ4v) is 2.63. The number of nitrogens with zero attached hydrogens (tertiary/aromatic N) is 2. The summed E-state index contributed by atoms with van der Waals surface area (Å²) >= 11 is 0. The van der Waals surface area contributed by atoms with Crippen LogP contribution in [0.1, 0.15) is 5.69 Å². The minimum absolute atomic E-state index is 0.0186. The first kappa shape index (κ1) is 14.9. The van der Waals surface area contributed by atoms with Crippen LogP contribution in [0.15, 0.2) is 35.6 Å². The van der Waals surface area contributed by atoms with Gasteiger partial charge in [-0.15, -0.1) is 0 Å². The fraction of sp³-hybridized carbons (Fsp3) is 0.100. The fourth-order valence-electron chi connectivity index (χ4n) is 1.59. The smallest absolute Gasteiger partial charge is 0.293 e. The molecule has 0 aliphatic carbocycles. The maximum atomic E-state index is 12.1. The quantitative estimate of drug-likeness (QED) is 0.334. The van der Waals surface area contributed by atoms with Crippen molar-refractivity contribution in [1.82, 2.24) is 14.7 Å². The Morgan fingerprint density at radius 1 is 1.43 bits per heavy atom. The molecule has 0 saturated heterocycles. The van der Waals surface area contributed by atoms with Gasteiger partial charge in [0.1, 0.15) is 5.69 Å². The van der Waals surface area contributed by atoms with Crippen LogP contribution in [-0.4, -0.2) is 23.3 Å². The molecule has 2 rings (SSSR count). The third-order valence-corrected chi connectivity index (χ3v) is 4.04. The summed E-state index contributed by atoms with van der Waals surface area (Å²) < 4.78 is 26.5. The number of hydrazine groups is 1. The Hall–Kier alpha value is -2.50. The Labute approximate surface area is 119 Å². The van der Waals surface area contributed by atoms with E-state index in [-0.39, 0.29) is 22.8 Å². The minimum atomic E-state index is -3.83. The second-order valence-corrected chi connectivity index (χ2v) is 5.75. The molecule has 1 aromatic carbocycles. The van der Waals surface area contributed by atoms with Crippen LogP contribution >= 0.6 is 0 Å². The van der Waals surface area contributed by atoms with E-state index < -0.39 is 14.9 Å². The normalized spacial score (nSPS) is 11.3. The molecule has 0 spiro atoms. The number of benzene rings is 1. The van der Waals surface area contributed by atoms with Gasteiger partial charge in [-0.3, -0.25) is 16.0 Å². The third-order valence-electron chi connectivity index (χ3n) is 2.64. The Morgan fingerprint density at radius 2 is 2.19 bits per heavy atom. The van der Waals surface area contributed by atoms with Gasteiger partial charge < -0.3 is 10.4 Å². The molecule has 1 heterocycles. The molecule has 10 nitrogen and oxygen atoms in total. The zero-order valence-corrected chi connectivity index (χ0v) is 11.4. The molecule has 0 aliphatic rings. The molecule has 0 radical (unpaired) electrons. The minimum Gasteiger partial charge on any atom is -0.347 e.